The minimum atomic E-state index is -0.606. The molecule has 74 valence electrons. The van der Waals surface area contributed by atoms with Gasteiger partial charge in [0.15, 0.2) is 0 Å². The topological polar surface area (TPSA) is 20.2 Å². The van der Waals surface area contributed by atoms with Crippen LogP contribution in [0.25, 0.3) is 0 Å². The smallest absolute Gasteiger partial charge is 0.0787 e. The van der Waals surface area contributed by atoms with Crippen molar-refractivity contribution in [3.63, 3.8) is 0 Å². The average molecular weight is 188 g/mol. The maximum atomic E-state index is 10.4. The van der Waals surface area contributed by atoms with E-state index < -0.39 is 5.60 Å². The van der Waals surface area contributed by atoms with Gasteiger partial charge in [-0.05, 0) is 11.1 Å². The van der Waals surface area contributed by atoms with Crippen LogP contribution in [0.5, 0.6) is 0 Å². The molecule has 1 aromatic carbocycles. The van der Waals surface area contributed by atoms with Crippen molar-refractivity contribution in [3.05, 3.63) is 48.0 Å². The molecular weight excluding hydrogens is 172 g/mol. The summed E-state index contributed by atoms with van der Waals surface area (Å²) in [6.07, 6.45) is 3.36. The highest BCUT2D eigenvalue weighted by molar-refractivity contribution is 5.35. The molecule has 14 heavy (non-hydrogen) atoms. The van der Waals surface area contributed by atoms with E-state index in [0.717, 1.165) is 12.8 Å². The predicted octanol–water partition coefficient (Wildman–Crippen LogP) is 2.34. The molecule has 1 aromatic rings. The predicted molar refractivity (Wildman–Crippen MR) is 58.2 cm³/mol. The van der Waals surface area contributed by atoms with Gasteiger partial charge in [-0.2, -0.15) is 0 Å². The van der Waals surface area contributed by atoms with Gasteiger partial charge in [0.2, 0.25) is 0 Å². The largest absolute Gasteiger partial charge is 0.389 e. The molecule has 1 aliphatic carbocycles. The molecule has 1 atom stereocenters. The first-order valence-corrected chi connectivity index (χ1v) is 5.07. The molecule has 2 rings (SSSR count). The summed E-state index contributed by atoms with van der Waals surface area (Å²) in [5.41, 5.74) is 1.96. The molecule has 1 unspecified atom stereocenters. The Balaban J connectivity index is 2.30. The van der Waals surface area contributed by atoms with E-state index in [2.05, 4.69) is 18.7 Å². The maximum Gasteiger partial charge on any atom is 0.0787 e. The molecule has 0 aromatic heterocycles. The van der Waals surface area contributed by atoms with E-state index in [9.17, 15) is 5.11 Å². The summed E-state index contributed by atoms with van der Waals surface area (Å²) in [4.78, 5) is 0. The van der Waals surface area contributed by atoms with Crippen LogP contribution in [-0.2, 0) is 12.8 Å². The van der Waals surface area contributed by atoms with Gasteiger partial charge in [-0.3, -0.25) is 0 Å². The third-order valence-electron chi connectivity index (χ3n) is 3.31. The second-order valence-electron chi connectivity index (χ2n) is 4.25. The summed E-state index contributed by atoms with van der Waals surface area (Å²) in [7, 11) is 0. The fourth-order valence-electron chi connectivity index (χ4n) is 2.17. The monoisotopic (exact) mass is 188 g/mol. The molecular formula is C13H16O. The van der Waals surface area contributed by atoms with Crippen LogP contribution in [0.4, 0.5) is 0 Å². The molecule has 1 nitrogen and oxygen atoms in total. The molecule has 1 N–H and O–H groups in total. The van der Waals surface area contributed by atoms with Gasteiger partial charge in [-0.15, -0.1) is 6.58 Å². The Labute approximate surface area is 85.1 Å². The first-order chi connectivity index (χ1) is 6.65. The lowest BCUT2D eigenvalue weighted by molar-refractivity contribution is 0.0163. The second-order valence-corrected chi connectivity index (χ2v) is 4.25. The van der Waals surface area contributed by atoms with E-state index in [0.29, 0.717) is 0 Å². The molecule has 0 bridgehead atoms. The van der Waals surface area contributed by atoms with Crippen LogP contribution in [-0.4, -0.2) is 10.7 Å². The quantitative estimate of drug-likeness (QED) is 0.706. The standard InChI is InChI=1S/C13H16O/c1-3-10(2)13(14)8-11-6-4-5-7-12(11)9-13/h3-7,10,14H,1,8-9H2,2H3. The first kappa shape index (κ1) is 9.47. The van der Waals surface area contributed by atoms with Crippen LogP contribution in [0, 0.1) is 5.92 Å². The van der Waals surface area contributed by atoms with Crippen molar-refractivity contribution in [2.24, 2.45) is 5.92 Å². The van der Waals surface area contributed by atoms with Crippen molar-refractivity contribution >= 4 is 0 Å². The molecule has 0 saturated heterocycles. The molecule has 0 saturated carbocycles. The van der Waals surface area contributed by atoms with Crippen molar-refractivity contribution < 1.29 is 5.11 Å². The number of fused-ring (bicyclic) bond motifs is 1. The number of hydrogen-bond acceptors (Lipinski definition) is 1. The molecule has 0 spiro atoms. The number of benzene rings is 1. The molecule has 0 heterocycles. The average Bonchev–Trinajstić information content (AvgIpc) is 2.54. The first-order valence-electron chi connectivity index (χ1n) is 5.07. The molecule has 1 aliphatic rings. The van der Waals surface area contributed by atoms with E-state index in [1.807, 2.05) is 25.1 Å². The van der Waals surface area contributed by atoms with Crippen LogP contribution in [0.3, 0.4) is 0 Å². The highest BCUT2D eigenvalue weighted by Crippen LogP contribution is 2.35. The van der Waals surface area contributed by atoms with Gasteiger partial charge in [0.25, 0.3) is 0 Å². The third-order valence-corrected chi connectivity index (χ3v) is 3.31. The normalized spacial score (nSPS) is 20.1. The van der Waals surface area contributed by atoms with Crippen molar-refractivity contribution in [3.8, 4) is 0 Å². The summed E-state index contributed by atoms with van der Waals surface area (Å²) < 4.78 is 0. The van der Waals surface area contributed by atoms with Crippen LogP contribution in [0.2, 0.25) is 0 Å². The Hall–Kier alpha value is -1.08. The Bertz CT molecular complexity index is 329. The van der Waals surface area contributed by atoms with Gasteiger partial charge >= 0.3 is 0 Å². The van der Waals surface area contributed by atoms with E-state index in [4.69, 9.17) is 0 Å². The Morgan fingerprint density at radius 2 is 1.86 bits per heavy atom. The van der Waals surface area contributed by atoms with Crippen LogP contribution < -0.4 is 0 Å². The zero-order valence-electron chi connectivity index (χ0n) is 8.53. The van der Waals surface area contributed by atoms with Crippen molar-refractivity contribution in [1.29, 1.82) is 0 Å². The summed E-state index contributed by atoms with van der Waals surface area (Å²) in [6.45, 7) is 5.78. The molecule has 0 amide bonds. The number of rotatable bonds is 2. The van der Waals surface area contributed by atoms with Gasteiger partial charge in [0.1, 0.15) is 0 Å². The third kappa shape index (κ3) is 1.38. The van der Waals surface area contributed by atoms with Crippen molar-refractivity contribution in [2.75, 3.05) is 0 Å². The van der Waals surface area contributed by atoms with Crippen molar-refractivity contribution in [2.45, 2.75) is 25.4 Å². The highest BCUT2D eigenvalue weighted by atomic mass is 16.3. The maximum absolute atomic E-state index is 10.4. The molecule has 0 aliphatic heterocycles. The number of aliphatic hydroxyl groups is 1. The van der Waals surface area contributed by atoms with E-state index >= 15 is 0 Å². The van der Waals surface area contributed by atoms with Gasteiger partial charge in [-0.25, -0.2) is 0 Å². The van der Waals surface area contributed by atoms with Gasteiger partial charge in [-0.1, -0.05) is 37.3 Å². The summed E-state index contributed by atoms with van der Waals surface area (Å²) in [5.74, 6) is 0.148. The summed E-state index contributed by atoms with van der Waals surface area (Å²) in [5, 5.41) is 10.4. The second kappa shape index (κ2) is 3.25. The lowest BCUT2D eigenvalue weighted by Crippen LogP contribution is -2.36. The minimum Gasteiger partial charge on any atom is -0.389 e. The van der Waals surface area contributed by atoms with Crippen molar-refractivity contribution in [1.82, 2.24) is 0 Å². The van der Waals surface area contributed by atoms with E-state index in [1.54, 1.807) is 0 Å². The van der Waals surface area contributed by atoms with Crippen LogP contribution in [0.1, 0.15) is 18.1 Å². The fourth-order valence-corrected chi connectivity index (χ4v) is 2.17. The number of hydrogen-bond donors (Lipinski definition) is 1. The van der Waals surface area contributed by atoms with Gasteiger partial charge in [0.05, 0.1) is 5.60 Å². The molecule has 0 radical (unpaired) electrons. The van der Waals surface area contributed by atoms with E-state index in [-0.39, 0.29) is 5.92 Å². The molecule has 0 fully saturated rings. The molecule has 1 heteroatoms. The lowest BCUT2D eigenvalue weighted by atomic mass is 9.86. The summed E-state index contributed by atoms with van der Waals surface area (Å²) >= 11 is 0. The van der Waals surface area contributed by atoms with Crippen LogP contribution >= 0.6 is 0 Å². The van der Waals surface area contributed by atoms with Crippen LogP contribution in [0.15, 0.2) is 36.9 Å². The van der Waals surface area contributed by atoms with E-state index in [1.165, 1.54) is 11.1 Å². The zero-order chi connectivity index (χ0) is 10.2. The minimum absolute atomic E-state index is 0.148. The van der Waals surface area contributed by atoms with Gasteiger partial charge in [0, 0.05) is 18.8 Å². The van der Waals surface area contributed by atoms with Gasteiger partial charge < -0.3 is 5.11 Å². The Morgan fingerprint density at radius 3 is 2.29 bits per heavy atom. The summed E-state index contributed by atoms with van der Waals surface area (Å²) in [6, 6.07) is 8.26. The zero-order valence-corrected chi connectivity index (χ0v) is 8.53. The fraction of sp³-hybridized carbons (Fsp3) is 0.385. The Morgan fingerprint density at radius 1 is 1.36 bits per heavy atom. The Kier molecular flexibility index (Phi) is 2.20. The highest BCUT2D eigenvalue weighted by Gasteiger charge is 2.38. The SMILES string of the molecule is C=CC(C)C1(O)Cc2ccccc2C1. The lowest BCUT2D eigenvalue weighted by Gasteiger charge is -2.27.